The highest BCUT2D eigenvalue weighted by Gasteiger charge is 2.30. The number of carbonyl (C=O) groups is 1. The number of amides is 1. The lowest BCUT2D eigenvalue weighted by Crippen LogP contribution is -2.45. The van der Waals surface area contributed by atoms with Crippen molar-refractivity contribution in [2.45, 2.75) is 25.8 Å². The zero-order valence-corrected chi connectivity index (χ0v) is 7.34. The van der Waals surface area contributed by atoms with Gasteiger partial charge in [0.1, 0.15) is 6.61 Å². The number of carbonyl (C=O) groups excluding carboxylic acids is 1. The Morgan fingerprint density at radius 1 is 1.67 bits per heavy atom. The molecular weight excluding hydrogens is 154 g/mol. The lowest BCUT2D eigenvalue weighted by molar-refractivity contribution is -0.125. The van der Waals surface area contributed by atoms with Crippen LogP contribution in [0.25, 0.3) is 0 Å². The summed E-state index contributed by atoms with van der Waals surface area (Å²) >= 11 is 0. The minimum absolute atomic E-state index is 0.256. The second-order valence-electron chi connectivity index (χ2n) is 3.44. The van der Waals surface area contributed by atoms with Gasteiger partial charge in [-0.15, -0.1) is 0 Å². The first-order valence-electron chi connectivity index (χ1n) is 4.19. The van der Waals surface area contributed by atoms with E-state index in [-0.39, 0.29) is 11.9 Å². The maximum absolute atomic E-state index is 10.7. The molecule has 1 aliphatic carbocycles. The van der Waals surface area contributed by atoms with E-state index >= 15 is 0 Å². The number of hydrogen-bond donors (Lipinski definition) is 2. The Morgan fingerprint density at radius 2 is 2.25 bits per heavy atom. The molecular formula is C9H15NO2. The number of aliphatic hydroxyl groups is 1. The van der Waals surface area contributed by atoms with Crippen molar-refractivity contribution in [3.63, 3.8) is 0 Å². The summed E-state index contributed by atoms with van der Waals surface area (Å²) in [5, 5.41) is 11.2. The van der Waals surface area contributed by atoms with Gasteiger partial charge in [-0.05, 0) is 25.7 Å². The molecule has 12 heavy (non-hydrogen) atoms. The van der Waals surface area contributed by atoms with Crippen LogP contribution >= 0.6 is 0 Å². The van der Waals surface area contributed by atoms with Crippen molar-refractivity contribution in [1.82, 2.24) is 5.32 Å². The molecule has 0 radical (unpaired) electrons. The molecule has 2 N–H and O–H groups in total. The molecule has 1 saturated carbocycles. The monoisotopic (exact) mass is 169 g/mol. The van der Waals surface area contributed by atoms with E-state index in [1.807, 2.05) is 6.92 Å². The zero-order chi connectivity index (χ0) is 9.14. The molecule has 0 saturated heterocycles. The van der Waals surface area contributed by atoms with Crippen LogP contribution in [0, 0.1) is 5.92 Å². The topological polar surface area (TPSA) is 49.3 Å². The van der Waals surface area contributed by atoms with Crippen molar-refractivity contribution in [1.29, 1.82) is 0 Å². The highest BCUT2D eigenvalue weighted by atomic mass is 16.3. The van der Waals surface area contributed by atoms with Gasteiger partial charge in [0.05, 0.1) is 0 Å². The molecule has 3 nitrogen and oxygen atoms in total. The Balaban J connectivity index is 2.17. The van der Waals surface area contributed by atoms with Gasteiger partial charge in [0, 0.05) is 6.04 Å². The van der Waals surface area contributed by atoms with Gasteiger partial charge < -0.3 is 10.4 Å². The third-order valence-corrected chi connectivity index (χ3v) is 2.34. The largest absolute Gasteiger partial charge is 0.387 e. The van der Waals surface area contributed by atoms with Gasteiger partial charge in [-0.1, -0.05) is 12.2 Å². The summed E-state index contributed by atoms with van der Waals surface area (Å²) in [6.07, 6.45) is 1.95. The van der Waals surface area contributed by atoms with E-state index in [4.69, 9.17) is 5.11 Å². The first kappa shape index (κ1) is 9.26. The number of allylic oxidation sites excluding steroid dienone is 1. The van der Waals surface area contributed by atoms with Crippen LogP contribution in [0.4, 0.5) is 0 Å². The van der Waals surface area contributed by atoms with E-state index < -0.39 is 6.61 Å². The molecule has 0 spiro atoms. The van der Waals surface area contributed by atoms with E-state index in [1.54, 1.807) is 0 Å². The SMILES string of the molecule is C=C(C)[C@H]1C[C@H](NC(=O)CO)C1. The van der Waals surface area contributed by atoms with E-state index in [9.17, 15) is 4.79 Å². The van der Waals surface area contributed by atoms with Crippen LogP contribution in [0.5, 0.6) is 0 Å². The molecule has 68 valence electrons. The maximum atomic E-state index is 10.7. The minimum atomic E-state index is -0.408. The lowest BCUT2D eigenvalue weighted by atomic mass is 9.76. The van der Waals surface area contributed by atoms with Crippen molar-refractivity contribution >= 4 is 5.91 Å². The summed E-state index contributed by atoms with van der Waals surface area (Å²) in [7, 11) is 0. The summed E-state index contributed by atoms with van der Waals surface area (Å²) < 4.78 is 0. The Morgan fingerprint density at radius 3 is 2.67 bits per heavy atom. The zero-order valence-electron chi connectivity index (χ0n) is 7.34. The lowest BCUT2D eigenvalue weighted by Gasteiger charge is -2.36. The number of nitrogens with one attached hydrogen (secondary N) is 1. The van der Waals surface area contributed by atoms with Gasteiger partial charge in [-0.3, -0.25) is 4.79 Å². The molecule has 0 aromatic rings. The third-order valence-electron chi connectivity index (χ3n) is 2.34. The van der Waals surface area contributed by atoms with Crippen molar-refractivity contribution in [3.05, 3.63) is 12.2 Å². The molecule has 0 aliphatic heterocycles. The number of rotatable bonds is 3. The second kappa shape index (κ2) is 3.72. The first-order chi connectivity index (χ1) is 5.63. The Kier molecular flexibility index (Phi) is 2.87. The minimum Gasteiger partial charge on any atom is -0.387 e. The smallest absolute Gasteiger partial charge is 0.245 e. The van der Waals surface area contributed by atoms with E-state index in [0.29, 0.717) is 5.92 Å². The van der Waals surface area contributed by atoms with Crippen molar-refractivity contribution < 1.29 is 9.90 Å². The predicted octanol–water partition coefficient (Wildman–Crippen LogP) is 0.450. The molecule has 0 bridgehead atoms. The summed E-state index contributed by atoms with van der Waals surface area (Å²) in [5.74, 6) is 0.286. The van der Waals surface area contributed by atoms with Crippen LogP contribution < -0.4 is 5.32 Å². The normalized spacial score (nSPS) is 27.5. The molecule has 1 amide bonds. The molecule has 0 aromatic heterocycles. The Hall–Kier alpha value is -0.830. The van der Waals surface area contributed by atoms with Gasteiger partial charge in [0.2, 0.25) is 5.91 Å². The Labute approximate surface area is 72.5 Å². The van der Waals surface area contributed by atoms with Crippen LogP contribution in [0.2, 0.25) is 0 Å². The summed E-state index contributed by atoms with van der Waals surface area (Å²) in [5.41, 5.74) is 1.18. The molecule has 1 fully saturated rings. The second-order valence-corrected chi connectivity index (χ2v) is 3.44. The quantitative estimate of drug-likeness (QED) is 0.603. The first-order valence-corrected chi connectivity index (χ1v) is 4.19. The fourth-order valence-corrected chi connectivity index (χ4v) is 1.41. The standard InChI is InChI=1S/C9H15NO2/c1-6(2)7-3-8(4-7)10-9(12)5-11/h7-8,11H,1,3-5H2,2H3,(H,10,12)/t7-,8-. The number of hydrogen-bond acceptors (Lipinski definition) is 2. The average molecular weight is 169 g/mol. The highest BCUT2D eigenvalue weighted by molar-refractivity contribution is 5.77. The van der Waals surface area contributed by atoms with Gasteiger partial charge in [-0.25, -0.2) is 0 Å². The van der Waals surface area contributed by atoms with Crippen LogP contribution in [-0.4, -0.2) is 23.7 Å². The van der Waals surface area contributed by atoms with Crippen molar-refractivity contribution in [2.75, 3.05) is 6.61 Å². The van der Waals surface area contributed by atoms with E-state index in [0.717, 1.165) is 12.8 Å². The fourth-order valence-electron chi connectivity index (χ4n) is 1.41. The molecule has 0 atom stereocenters. The maximum Gasteiger partial charge on any atom is 0.245 e. The van der Waals surface area contributed by atoms with E-state index in [1.165, 1.54) is 5.57 Å². The average Bonchev–Trinajstić information content (AvgIpc) is 1.94. The molecule has 0 aromatic carbocycles. The number of aliphatic hydroxyl groups excluding tert-OH is 1. The summed E-state index contributed by atoms with van der Waals surface area (Å²) in [6, 6.07) is 0.256. The van der Waals surface area contributed by atoms with Gasteiger partial charge in [-0.2, -0.15) is 0 Å². The summed E-state index contributed by atoms with van der Waals surface area (Å²) in [4.78, 5) is 10.7. The van der Waals surface area contributed by atoms with Gasteiger partial charge in [0.15, 0.2) is 0 Å². The van der Waals surface area contributed by atoms with Gasteiger partial charge in [0.25, 0.3) is 0 Å². The molecule has 1 aliphatic rings. The Bertz CT molecular complexity index is 195. The van der Waals surface area contributed by atoms with Crippen LogP contribution in [0.1, 0.15) is 19.8 Å². The highest BCUT2D eigenvalue weighted by Crippen LogP contribution is 2.32. The predicted molar refractivity (Wildman–Crippen MR) is 46.6 cm³/mol. The van der Waals surface area contributed by atoms with E-state index in [2.05, 4.69) is 11.9 Å². The van der Waals surface area contributed by atoms with Crippen LogP contribution in [0.3, 0.4) is 0 Å². The fraction of sp³-hybridized carbons (Fsp3) is 0.667. The summed E-state index contributed by atoms with van der Waals surface area (Å²) in [6.45, 7) is 5.45. The van der Waals surface area contributed by atoms with Crippen LogP contribution in [0.15, 0.2) is 12.2 Å². The molecule has 3 heteroatoms. The van der Waals surface area contributed by atoms with Crippen molar-refractivity contribution in [2.24, 2.45) is 5.92 Å². The van der Waals surface area contributed by atoms with Gasteiger partial charge >= 0.3 is 0 Å². The van der Waals surface area contributed by atoms with Crippen molar-refractivity contribution in [3.8, 4) is 0 Å². The molecule has 1 rings (SSSR count). The third kappa shape index (κ3) is 2.08. The molecule has 0 heterocycles. The molecule has 0 unspecified atom stereocenters. The van der Waals surface area contributed by atoms with Crippen LogP contribution in [-0.2, 0) is 4.79 Å².